The summed E-state index contributed by atoms with van der Waals surface area (Å²) in [7, 11) is 0. The third kappa shape index (κ3) is 4.61. The van der Waals surface area contributed by atoms with Crippen LogP contribution in [-0.4, -0.2) is 11.0 Å². The lowest BCUT2D eigenvalue weighted by Gasteiger charge is -1.95. The maximum atomic E-state index is 10.2. The van der Waals surface area contributed by atoms with Crippen LogP contribution >= 0.6 is 0 Å². The van der Waals surface area contributed by atoms with Crippen molar-refractivity contribution in [3.05, 3.63) is 24.6 Å². The molecule has 0 aliphatic carbocycles. The van der Waals surface area contributed by atoms with Gasteiger partial charge in [-0.05, 0) is 6.08 Å². The van der Waals surface area contributed by atoms with E-state index in [4.69, 9.17) is 5.11 Å². The third-order valence-electron chi connectivity index (χ3n) is 0.580. The second kappa shape index (κ2) is 3.72. The van der Waals surface area contributed by atoms with Gasteiger partial charge in [0.25, 0.3) is 0 Å². The number of hydrogen-bond donors (Lipinski definition) is 2. The Morgan fingerprint density at radius 2 is 2.33 bits per heavy atom. The Morgan fingerprint density at radius 1 is 1.78 bits per heavy atom. The van der Waals surface area contributed by atoms with Gasteiger partial charge in [0.15, 0.2) is 5.88 Å². The van der Waals surface area contributed by atoms with Gasteiger partial charge >= 0.3 is 0 Å². The third-order valence-corrected chi connectivity index (χ3v) is 0.580. The first-order valence-electron chi connectivity index (χ1n) is 2.46. The molecule has 0 radical (unpaired) electrons. The van der Waals surface area contributed by atoms with E-state index in [-0.39, 0.29) is 11.8 Å². The van der Waals surface area contributed by atoms with E-state index in [2.05, 4.69) is 11.9 Å². The normalized spacial score (nSPS) is 10.6. The van der Waals surface area contributed by atoms with Gasteiger partial charge in [0.2, 0.25) is 5.91 Å². The number of nitrogens with one attached hydrogen (secondary N) is 1. The molecule has 0 bridgehead atoms. The summed E-state index contributed by atoms with van der Waals surface area (Å²) in [4.78, 5) is 10.2. The van der Waals surface area contributed by atoms with Crippen molar-refractivity contribution in [1.29, 1.82) is 0 Å². The Kier molecular flexibility index (Phi) is 3.20. The highest BCUT2D eigenvalue weighted by molar-refractivity contribution is 5.74. The highest BCUT2D eigenvalue weighted by Gasteiger charge is 1.90. The Bertz CT molecular complexity index is 149. The minimum absolute atomic E-state index is 0.183. The molecule has 0 aromatic carbocycles. The quantitative estimate of drug-likeness (QED) is 0.424. The minimum Gasteiger partial charge on any atom is -0.495 e. The average molecular weight is 127 g/mol. The maximum absolute atomic E-state index is 10.2. The lowest BCUT2D eigenvalue weighted by Crippen LogP contribution is -2.18. The zero-order chi connectivity index (χ0) is 7.28. The first kappa shape index (κ1) is 7.75. The van der Waals surface area contributed by atoms with Crippen molar-refractivity contribution in [2.24, 2.45) is 0 Å². The van der Waals surface area contributed by atoms with Gasteiger partial charge in [0.05, 0.1) is 0 Å². The van der Waals surface area contributed by atoms with Crippen molar-refractivity contribution in [2.45, 2.75) is 6.92 Å². The van der Waals surface area contributed by atoms with E-state index < -0.39 is 0 Å². The molecule has 0 aliphatic rings. The number of allylic oxidation sites excluding steroid dienone is 2. The maximum Gasteiger partial charge on any atom is 0.223 e. The number of aliphatic hydroxyl groups is 1. The second-order valence-corrected chi connectivity index (χ2v) is 1.47. The number of aliphatic hydroxyl groups excluding tert-OH is 1. The number of rotatable bonds is 2. The molecule has 50 valence electrons. The number of hydrogen-bond acceptors (Lipinski definition) is 2. The SMILES string of the molecule is C=C/C=C(/O)NC(C)=O. The van der Waals surface area contributed by atoms with Crippen LogP contribution in [0.15, 0.2) is 24.6 Å². The van der Waals surface area contributed by atoms with Crippen LogP contribution in [0.1, 0.15) is 6.92 Å². The first-order valence-corrected chi connectivity index (χ1v) is 2.46. The molecule has 0 heterocycles. The monoisotopic (exact) mass is 127 g/mol. The molecule has 1 amide bonds. The van der Waals surface area contributed by atoms with Crippen LogP contribution in [0, 0.1) is 0 Å². The van der Waals surface area contributed by atoms with Crippen LogP contribution in [0.25, 0.3) is 0 Å². The van der Waals surface area contributed by atoms with Gasteiger partial charge in [-0.3, -0.25) is 10.1 Å². The van der Waals surface area contributed by atoms with Crippen molar-refractivity contribution in [3.63, 3.8) is 0 Å². The number of carbonyl (C=O) groups is 1. The largest absolute Gasteiger partial charge is 0.495 e. The summed E-state index contributed by atoms with van der Waals surface area (Å²) >= 11 is 0. The van der Waals surface area contributed by atoms with Crippen LogP contribution in [-0.2, 0) is 4.79 Å². The van der Waals surface area contributed by atoms with Crippen LogP contribution in [0.4, 0.5) is 0 Å². The molecule has 0 atom stereocenters. The molecule has 0 aromatic rings. The van der Waals surface area contributed by atoms with E-state index in [9.17, 15) is 4.79 Å². The predicted octanol–water partition coefficient (Wildman–Crippen LogP) is 0.708. The van der Waals surface area contributed by atoms with Gasteiger partial charge in [0.1, 0.15) is 0 Å². The van der Waals surface area contributed by atoms with E-state index in [0.717, 1.165) is 0 Å². The number of carbonyl (C=O) groups excluding carboxylic acids is 1. The molecule has 0 fully saturated rings. The lowest BCUT2D eigenvalue weighted by atomic mass is 10.5. The molecule has 0 spiro atoms. The molecule has 3 heteroatoms. The summed E-state index contributed by atoms with van der Waals surface area (Å²) in [6.45, 7) is 4.63. The standard InChI is InChI=1S/C6H9NO2/c1-3-4-6(9)7-5(2)8/h3-4,9H,1H2,2H3,(H,7,8)/b6-4+. The van der Waals surface area contributed by atoms with Crippen molar-refractivity contribution in [1.82, 2.24) is 5.32 Å². The molecule has 0 unspecified atom stereocenters. The van der Waals surface area contributed by atoms with Gasteiger partial charge in [-0.1, -0.05) is 12.7 Å². The van der Waals surface area contributed by atoms with Crippen molar-refractivity contribution < 1.29 is 9.90 Å². The van der Waals surface area contributed by atoms with Gasteiger partial charge in [-0.2, -0.15) is 0 Å². The number of amides is 1. The summed E-state index contributed by atoms with van der Waals surface area (Å²) in [5.41, 5.74) is 0. The molecule has 0 aliphatic heterocycles. The van der Waals surface area contributed by atoms with Gasteiger partial charge in [-0.15, -0.1) is 0 Å². The van der Waals surface area contributed by atoms with Gasteiger partial charge < -0.3 is 5.11 Å². The zero-order valence-corrected chi connectivity index (χ0v) is 5.22. The van der Waals surface area contributed by atoms with Crippen LogP contribution < -0.4 is 5.32 Å². The Balaban J connectivity index is 3.75. The van der Waals surface area contributed by atoms with E-state index in [0.29, 0.717) is 0 Å². The van der Waals surface area contributed by atoms with Crippen molar-refractivity contribution in [2.75, 3.05) is 0 Å². The summed E-state index contributed by atoms with van der Waals surface area (Å²) < 4.78 is 0. The Morgan fingerprint density at radius 3 is 2.67 bits per heavy atom. The lowest BCUT2D eigenvalue weighted by molar-refractivity contribution is -0.118. The molecule has 0 saturated carbocycles. The molecule has 9 heavy (non-hydrogen) atoms. The summed E-state index contributed by atoms with van der Waals surface area (Å²) in [5.74, 6) is -0.483. The van der Waals surface area contributed by atoms with Gasteiger partial charge in [-0.25, -0.2) is 0 Å². The summed E-state index contributed by atoms with van der Waals surface area (Å²) in [6, 6.07) is 0. The smallest absolute Gasteiger partial charge is 0.223 e. The zero-order valence-electron chi connectivity index (χ0n) is 5.22. The molecular formula is C6H9NO2. The summed E-state index contributed by atoms with van der Waals surface area (Å²) in [6.07, 6.45) is 2.67. The highest BCUT2D eigenvalue weighted by atomic mass is 16.3. The summed E-state index contributed by atoms with van der Waals surface area (Å²) in [5, 5.41) is 10.8. The Hall–Kier alpha value is -1.25. The fourth-order valence-corrected chi connectivity index (χ4v) is 0.334. The van der Waals surface area contributed by atoms with E-state index in [1.165, 1.54) is 19.1 Å². The first-order chi connectivity index (χ1) is 4.16. The second-order valence-electron chi connectivity index (χ2n) is 1.47. The fourth-order valence-electron chi connectivity index (χ4n) is 0.334. The van der Waals surface area contributed by atoms with Crippen LogP contribution in [0.3, 0.4) is 0 Å². The fraction of sp³-hybridized carbons (Fsp3) is 0.167. The molecule has 0 rings (SSSR count). The van der Waals surface area contributed by atoms with Crippen molar-refractivity contribution >= 4 is 5.91 Å². The van der Waals surface area contributed by atoms with E-state index in [1.54, 1.807) is 0 Å². The molecular weight excluding hydrogens is 118 g/mol. The topological polar surface area (TPSA) is 49.3 Å². The van der Waals surface area contributed by atoms with Gasteiger partial charge in [0, 0.05) is 6.92 Å². The molecule has 3 nitrogen and oxygen atoms in total. The van der Waals surface area contributed by atoms with E-state index >= 15 is 0 Å². The van der Waals surface area contributed by atoms with E-state index in [1.807, 2.05) is 0 Å². The average Bonchev–Trinajstić information content (AvgIpc) is 1.63. The minimum atomic E-state index is -0.300. The highest BCUT2D eigenvalue weighted by Crippen LogP contribution is 1.80. The predicted molar refractivity (Wildman–Crippen MR) is 34.7 cm³/mol. The van der Waals surface area contributed by atoms with Crippen LogP contribution in [0.5, 0.6) is 0 Å². The Labute approximate surface area is 53.7 Å². The van der Waals surface area contributed by atoms with Crippen molar-refractivity contribution in [3.8, 4) is 0 Å². The molecule has 2 N–H and O–H groups in total. The van der Waals surface area contributed by atoms with Crippen LogP contribution in [0.2, 0.25) is 0 Å². The molecule has 0 saturated heterocycles. The molecule has 0 aromatic heterocycles.